The third-order valence-electron chi connectivity index (χ3n) is 26.6. The van der Waals surface area contributed by atoms with Gasteiger partial charge in [-0.1, -0.05) is 188 Å². The van der Waals surface area contributed by atoms with E-state index in [9.17, 15) is 54.3 Å². The molecule has 2 N–H and O–H groups in total. The zero-order chi connectivity index (χ0) is 104. The molecule has 148 heavy (non-hydrogen) atoms. The van der Waals surface area contributed by atoms with Gasteiger partial charge in [0, 0.05) is 63.8 Å². The Morgan fingerprint density at radius 2 is 0.818 bits per heavy atom. The maximum Gasteiger partial charge on any atom is 0.339 e. The van der Waals surface area contributed by atoms with E-state index in [0.717, 1.165) is 228 Å². The Labute approximate surface area is 868 Å². The van der Waals surface area contributed by atoms with Crippen LogP contribution in [-0.2, 0) is 36.6 Å². The first-order chi connectivity index (χ1) is 71.7. The Morgan fingerprint density at radius 3 is 1.32 bits per heavy atom. The van der Waals surface area contributed by atoms with Crippen LogP contribution in [0.15, 0.2) is 278 Å². The molecule has 17 aromatic rings. The maximum absolute atomic E-state index is 13.9. The van der Waals surface area contributed by atoms with Crippen molar-refractivity contribution in [3.05, 3.63) is 391 Å². The van der Waals surface area contributed by atoms with E-state index in [1.807, 2.05) is 227 Å². The van der Waals surface area contributed by atoms with E-state index in [2.05, 4.69) is 37.5 Å². The molecule has 0 radical (unpaired) electrons. The SMILES string of the molecule is CC(C)c1c(-c2ccccc2)nc2cc(OC3CCCC3)ccc2c1C(=O)OCc1ccc(F)c(F)c1.CC(C)c1c(-c2ccccc2)nc2ccc(OC3CCCC3)cc2c1C(=O)SCc1ccc(F)c(F)c1.CC(C)c1c(-c2cccs2)nc2cc(OC3CCCC3)ccc2c1C(=O)NCc1ccc(F)c(F)c1.CCCCc1c(-c2ccccc2)cc2cc(Oc3cccs3)ccc2c1C(=O)NCc1ccc(F)c(F)c1. The molecule has 0 aliphatic heterocycles. The van der Waals surface area contributed by atoms with Crippen LogP contribution in [0.3, 0.4) is 0 Å². The van der Waals surface area contributed by atoms with E-state index in [0.29, 0.717) is 72.4 Å². The van der Waals surface area contributed by atoms with Gasteiger partial charge in [0.15, 0.2) is 51.6 Å². The van der Waals surface area contributed by atoms with Crippen molar-refractivity contribution in [1.82, 2.24) is 25.6 Å². The van der Waals surface area contributed by atoms with Crippen molar-refractivity contribution in [2.45, 2.75) is 206 Å². The number of pyridine rings is 3. The van der Waals surface area contributed by atoms with Crippen molar-refractivity contribution in [3.8, 4) is 72.3 Å². The first-order valence-electron chi connectivity index (χ1n) is 50.3. The first kappa shape index (κ1) is 105. The Balaban J connectivity index is 0.000000135. The first-order valence-corrected chi connectivity index (χ1v) is 53.1. The third-order valence-corrected chi connectivity index (χ3v) is 29.2. The molecule has 25 heteroatoms. The van der Waals surface area contributed by atoms with Gasteiger partial charge >= 0.3 is 5.97 Å². The summed E-state index contributed by atoms with van der Waals surface area (Å²) in [4.78, 5) is 70.9. The molecule has 2 amide bonds. The number of hydrogen-bond acceptors (Lipinski definition) is 15. The average molecular weight is 2050 g/mol. The lowest BCUT2D eigenvalue weighted by Gasteiger charge is -2.20. The highest BCUT2D eigenvalue weighted by Gasteiger charge is 2.32. The number of carbonyl (C=O) groups is 4. The number of amides is 2. The number of benzene rings is 12. The van der Waals surface area contributed by atoms with Crippen LogP contribution in [0, 0.1) is 46.5 Å². The second-order valence-electron chi connectivity index (χ2n) is 38.2. The van der Waals surface area contributed by atoms with Crippen LogP contribution < -0.4 is 29.6 Å². The molecule has 0 spiro atoms. The predicted octanol–water partition coefficient (Wildman–Crippen LogP) is 33.2. The summed E-state index contributed by atoms with van der Waals surface area (Å²) >= 11 is 4.18. The number of rotatable bonds is 30. The predicted molar refractivity (Wildman–Crippen MR) is 575 cm³/mol. The van der Waals surface area contributed by atoms with Crippen LogP contribution in [0.25, 0.3) is 87.7 Å². The van der Waals surface area contributed by atoms with Crippen LogP contribution >= 0.6 is 34.4 Å². The molecule has 0 bridgehead atoms. The van der Waals surface area contributed by atoms with Crippen LogP contribution in [0.2, 0.25) is 0 Å². The number of thioether (sulfide) groups is 1. The van der Waals surface area contributed by atoms with Gasteiger partial charge < -0.3 is 34.3 Å². The molecule has 0 atom stereocenters. The highest BCUT2D eigenvalue weighted by atomic mass is 32.2. The lowest BCUT2D eigenvalue weighted by atomic mass is 9.87. The lowest BCUT2D eigenvalue weighted by molar-refractivity contribution is 0.0472. The molecule has 5 heterocycles. The van der Waals surface area contributed by atoms with Crippen molar-refractivity contribution in [1.29, 1.82) is 0 Å². The van der Waals surface area contributed by atoms with E-state index >= 15 is 0 Å². The van der Waals surface area contributed by atoms with E-state index < -0.39 is 52.5 Å². The van der Waals surface area contributed by atoms with Gasteiger partial charge in [-0.2, -0.15) is 0 Å². The number of ether oxygens (including phenoxy) is 5. The van der Waals surface area contributed by atoms with E-state index in [4.69, 9.17) is 38.6 Å². The van der Waals surface area contributed by atoms with Gasteiger partial charge in [0.1, 0.15) is 29.6 Å². The highest BCUT2D eigenvalue weighted by Crippen LogP contribution is 2.45. The summed E-state index contributed by atoms with van der Waals surface area (Å²) in [6, 6.07) is 77.0. The summed E-state index contributed by atoms with van der Waals surface area (Å²) in [7, 11) is 0. The quantitative estimate of drug-likeness (QED) is 0.0321. The topological polar surface area (TPSA) is 177 Å². The molecule has 3 fully saturated rings. The molecule has 14 nitrogen and oxygen atoms in total. The minimum atomic E-state index is -0.980. The maximum atomic E-state index is 13.9. The second-order valence-corrected chi connectivity index (χ2v) is 41.0. The molecule has 0 saturated heterocycles. The summed E-state index contributed by atoms with van der Waals surface area (Å²) in [5.74, 6) is -5.35. The van der Waals surface area contributed by atoms with Gasteiger partial charge in [-0.05, 0) is 318 Å². The molecule has 3 aliphatic rings. The van der Waals surface area contributed by atoms with Crippen LogP contribution in [0.4, 0.5) is 35.1 Å². The van der Waals surface area contributed by atoms with Gasteiger partial charge in [0.05, 0.1) is 73.5 Å². The normalized spacial score (nSPS) is 13.2. The van der Waals surface area contributed by atoms with E-state index in [-0.39, 0.29) is 78.4 Å². The fraction of sp³-hybridized carbons (Fsp3) is 0.260. The number of hydrogen-bond donors (Lipinski definition) is 2. The second kappa shape index (κ2) is 48.9. The fourth-order valence-electron chi connectivity index (χ4n) is 19.4. The van der Waals surface area contributed by atoms with Crippen molar-refractivity contribution in [2.24, 2.45) is 0 Å². The molecule has 5 aromatic heterocycles. The minimum Gasteiger partial charge on any atom is -0.490 e. The average Bonchev–Trinajstić information content (AvgIpc) is 1.51. The zero-order valence-electron chi connectivity index (χ0n) is 83.2. The number of nitrogens with zero attached hydrogens (tertiary/aromatic N) is 3. The summed E-state index contributed by atoms with van der Waals surface area (Å²) in [5.41, 5.74) is 15.7. The van der Waals surface area contributed by atoms with Gasteiger partial charge in [0.25, 0.3) is 11.8 Å². The van der Waals surface area contributed by atoms with E-state index in [1.165, 1.54) is 74.1 Å². The Hall–Kier alpha value is -14.4. The molecule has 3 saturated carbocycles. The number of halogens is 8. The number of esters is 1. The van der Waals surface area contributed by atoms with Crippen LogP contribution in [-0.4, -0.2) is 56.2 Å². The number of carbonyl (C=O) groups excluding carboxylic acids is 4. The summed E-state index contributed by atoms with van der Waals surface area (Å²) in [6.45, 7) is 14.3. The molecule has 0 unspecified atom stereocenters. The molecule has 3 aliphatic carbocycles. The number of thiophene rings is 2. The van der Waals surface area contributed by atoms with Crippen molar-refractivity contribution in [2.75, 3.05) is 0 Å². The number of fused-ring (bicyclic) bond motifs is 4. The zero-order valence-corrected chi connectivity index (χ0v) is 85.7. The smallest absolute Gasteiger partial charge is 0.339 e. The highest BCUT2D eigenvalue weighted by molar-refractivity contribution is 8.13. The number of unbranched alkanes of at least 4 members (excludes halogenated alkanes) is 1. The molecular weight excluding hydrogens is 1940 g/mol. The Morgan fingerprint density at radius 1 is 0.385 bits per heavy atom. The monoisotopic (exact) mass is 2050 g/mol. The van der Waals surface area contributed by atoms with Crippen LogP contribution in [0.1, 0.15) is 242 Å². The van der Waals surface area contributed by atoms with Gasteiger partial charge in [-0.3, -0.25) is 14.4 Å². The molecule has 20 rings (SSSR count). The van der Waals surface area contributed by atoms with E-state index in [1.54, 1.807) is 11.3 Å². The Bertz CT molecular complexity index is 7610. The Kier molecular flexibility index (Phi) is 34.7. The standard InChI is InChI=1S/C32H27F2NO2S.C31H29F2NO3.C31H29F2NO2S.C29H28F2N2O2S/c1-2-3-10-26-27(22-8-5-4-6-9-22)19-23-18-24(37-30-11-7-16-38-30)13-14-25(23)31(26)32(36)35-20-21-12-15-28(33)29(34)17-21;1-19(2)28-29(31(35)36-18-20-12-15-25(32)26(33)16-20)24-14-13-23(37-22-10-6-7-11-22)17-27(24)34-30(28)21-8-4-3-5-9-21;1-19(2)28-29(31(35)37-18-20-12-14-25(32)26(33)16-20)24-17-23(36-22-10-6-7-11-22)13-15-27(24)34-30(28)21-8-4-3-5-9-21;1-17(2)26-27(29(34)32-16-18-9-12-22(30)23(31)14-18)21-11-10-20(35-19-6-3-4-7-19)15-24(21)33-28(26)25-8-5-13-36-25/h4-9,11-19H,2-3,10,20H2,1H3,(H,35,36);2*3-5,8-9,12-17,19,22H,6-7,10-11,18H2,1-2H3;5,8-15,17,19H,3-4,6-7,16H2,1-2H3,(H,32,34). The third kappa shape index (κ3) is 25.5. The number of aromatic nitrogens is 3. The summed E-state index contributed by atoms with van der Waals surface area (Å²) < 4.78 is 139. The van der Waals surface area contributed by atoms with Crippen LogP contribution in [0.5, 0.6) is 28.1 Å². The van der Waals surface area contributed by atoms with Gasteiger partial charge in [0.2, 0.25) is 5.12 Å². The van der Waals surface area contributed by atoms with Gasteiger partial charge in [-0.15, -0.1) is 22.7 Å². The van der Waals surface area contributed by atoms with Crippen molar-refractivity contribution >= 4 is 101 Å². The summed E-state index contributed by atoms with van der Waals surface area (Å²) in [5, 5.41) is 14.3. The van der Waals surface area contributed by atoms with Crippen molar-refractivity contribution < 1.29 is 78.0 Å². The molecule has 758 valence electrons. The van der Waals surface area contributed by atoms with Gasteiger partial charge in [-0.25, -0.2) is 54.9 Å². The van der Waals surface area contributed by atoms with Crippen molar-refractivity contribution in [3.63, 3.8) is 0 Å². The minimum absolute atomic E-state index is 0.0225. The lowest BCUT2D eigenvalue weighted by Crippen LogP contribution is -2.25. The molecular formula is C123H113F8N5O9S3. The summed E-state index contributed by atoms with van der Waals surface area (Å²) in [6.07, 6.45) is 16.5. The fourth-order valence-corrected chi connectivity index (χ4v) is 21.6. The largest absolute Gasteiger partial charge is 0.490 e. The number of nitrogens with one attached hydrogen (secondary N) is 2. The molecule has 12 aromatic carbocycles.